The summed E-state index contributed by atoms with van der Waals surface area (Å²) in [5.74, 6) is -3.54. The molecule has 1 N–H and O–H groups in total. The number of ether oxygens (including phenoxy) is 1. The van der Waals surface area contributed by atoms with E-state index in [1.165, 1.54) is 12.1 Å². The lowest BCUT2D eigenvalue weighted by atomic mass is 9.86. The molecule has 1 saturated heterocycles. The monoisotopic (exact) mass is 353 g/mol. The number of halogens is 4. The van der Waals surface area contributed by atoms with Crippen molar-refractivity contribution in [1.29, 1.82) is 0 Å². The lowest BCUT2D eigenvalue weighted by Crippen LogP contribution is -2.40. The van der Waals surface area contributed by atoms with Crippen molar-refractivity contribution < 1.29 is 22.3 Å². The van der Waals surface area contributed by atoms with E-state index >= 15 is 0 Å². The van der Waals surface area contributed by atoms with Crippen LogP contribution in [0.5, 0.6) is 0 Å². The Kier molecular flexibility index (Phi) is 5.39. The lowest BCUT2D eigenvalue weighted by molar-refractivity contribution is 0.00407. The van der Waals surface area contributed by atoms with Crippen LogP contribution < -0.4 is 5.32 Å². The molecule has 1 fully saturated rings. The second kappa shape index (κ2) is 7.54. The minimum atomic E-state index is -1.22. The van der Waals surface area contributed by atoms with E-state index < -0.39 is 23.0 Å². The molecule has 1 aliphatic heterocycles. The summed E-state index contributed by atoms with van der Waals surface area (Å²) in [6.07, 6.45) is 0.340. The Morgan fingerprint density at radius 3 is 2.60 bits per heavy atom. The van der Waals surface area contributed by atoms with Crippen LogP contribution in [-0.2, 0) is 11.3 Å². The molecule has 0 bridgehead atoms. The fraction of sp³-hybridized carbons (Fsp3) is 0.368. The molecule has 2 aromatic carbocycles. The Balaban J connectivity index is 1.79. The zero-order valence-corrected chi connectivity index (χ0v) is 13.8. The Morgan fingerprint density at radius 1 is 1.08 bits per heavy atom. The maximum Gasteiger partial charge on any atom is 0.167 e. The predicted octanol–water partition coefficient (Wildman–Crippen LogP) is 4.21. The zero-order valence-electron chi connectivity index (χ0n) is 13.8. The fourth-order valence-electron chi connectivity index (χ4n) is 3.29. The summed E-state index contributed by atoms with van der Waals surface area (Å²) in [5, 5.41) is 3.25. The van der Waals surface area contributed by atoms with Gasteiger partial charge in [-0.15, -0.1) is 0 Å². The average molecular weight is 353 g/mol. The van der Waals surface area contributed by atoms with Crippen molar-refractivity contribution in [2.75, 3.05) is 13.1 Å². The highest BCUT2D eigenvalue weighted by molar-refractivity contribution is 5.31. The van der Waals surface area contributed by atoms with Crippen LogP contribution in [0.4, 0.5) is 17.6 Å². The first kappa shape index (κ1) is 17.9. The number of nitrogens with one attached hydrogen (secondary N) is 1. The lowest BCUT2D eigenvalue weighted by Gasteiger charge is -2.33. The van der Waals surface area contributed by atoms with Gasteiger partial charge in [-0.3, -0.25) is 0 Å². The Hall–Kier alpha value is -1.92. The van der Waals surface area contributed by atoms with Crippen LogP contribution in [0, 0.1) is 30.2 Å². The molecule has 0 spiro atoms. The first-order valence-electron chi connectivity index (χ1n) is 8.18. The summed E-state index contributed by atoms with van der Waals surface area (Å²) in [6.45, 7) is 2.79. The molecule has 1 heterocycles. The van der Waals surface area contributed by atoms with E-state index in [2.05, 4.69) is 5.32 Å². The molecule has 0 aliphatic carbocycles. The van der Waals surface area contributed by atoms with Crippen molar-refractivity contribution in [2.24, 2.45) is 0 Å². The molecule has 1 aliphatic rings. The van der Waals surface area contributed by atoms with Crippen LogP contribution in [0.15, 0.2) is 30.3 Å². The van der Waals surface area contributed by atoms with Crippen molar-refractivity contribution in [3.05, 3.63) is 70.3 Å². The minimum Gasteiger partial charge on any atom is -0.373 e. The van der Waals surface area contributed by atoms with Gasteiger partial charge in [0.2, 0.25) is 0 Å². The van der Waals surface area contributed by atoms with Gasteiger partial charge in [0.1, 0.15) is 11.6 Å². The Bertz CT molecular complexity index is 765. The van der Waals surface area contributed by atoms with Crippen LogP contribution in [0.3, 0.4) is 0 Å². The summed E-state index contributed by atoms with van der Waals surface area (Å²) >= 11 is 0. The van der Waals surface area contributed by atoms with E-state index in [4.69, 9.17) is 4.74 Å². The molecule has 0 saturated carbocycles. The summed E-state index contributed by atoms with van der Waals surface area (Å²) < 4.78 is 60.0. The highest BCUT2D eigenvalue weighted by atomic mass is 19.2. The maximum atomic E-state index is 13.8. The highest BCUT2D eigenvalue weighted by Gasteiger charge is 2.29. The van der Waals surface area contributed by atoms with Gasteiger partial charge in [0, 0.05) is 12.5 Å². The van der Waals surface area contributed by atoms with E-state index in [0.717, 1.165) is 23.3 Å². The second-order valence-corrected chi connectivity index (χ2v) is 6.27. The summed E-state index contributed by atoms with van der Waals surface area (Å²) in [4.78, 5) is 0. The standard InChI is InChI=1S/C19H19F4NO/c1-11-8-12(20)2-3-13(11)14-9-24-7-6-18(14)25-10-15-16(21)4-5-17(22)19(15)23/h2-5,8,14,18,24H,6-7,9-10H2,1H3. The SMILES string of the molecule is Cc1cc(F)ccc1C1CNCCC1OCc1c(F)ccc(F)c1F. The molecule has 2 unspecified atom stereocenters. The molecular weight excluding hydrogens is 334 g/mol. The second-order valence-electron chi connectivity index (χ2n) is 6.27. The van der Waals surface area contributed by atoms with Gasteiger partial charge in [0.05, 0.1) is 18.3 Å². The molecule has 0 aromatic heterocycles. The Labute approximate surface area is 143 Å². The fourth-order valence-corrected chi connectivity index (χ4v) is 3.29. The molecule has 0 amide bonds. The van der Waals surface area contributed by atoms with Crippen molar-refractivity contribution in [1.82, 2.24) is 5.32 Å². The van der Waals surface area contributed by atoms with E-state index in [1.807, 2.05) is 6.92 Å². The number of piperidine rings is 1. The third-order valence-electron chi connectivity index (χ3n) is 4.63. The van der Waals surface area contributed by atoms with E-state index in [9.17, 15) is 17.6 Å². The third kappa shape index (κ3) is 3.85. The summed E-state index contributed by atoms with van der Waals surface area (Å²) in [6, 6.07) is 6.19. The largest absolute Gasteiger partial charge is 0.373 e. The maximum absolute atomic E-state index is 13.8. The third-order valence-corrected chi connectivity index (χ3v) is 4.63. The molecular formula is C19H19F4NO. The van der Waals surface area contributed by atoms with E-state index in [1.54, 1.807) is 6.07 Å². The van der Waals surface area contributed by atoms with Gasteiger partial charge in [-0.2, -0.15) is 0 Å². The van der Waals surface area contributed by atoms with Gasteiger partial charge in [-0.25, -0.2) is 17.6 Å². The molecule has 2 nitrogen and oxygen atoms in total. The number of hydrogen-bond acceptors (Lipinski definition) is 2. The molecule has 3 rings (SSSR count). The number of rotatable bonds is 4. The van der Waals surface area contributed by atoms with E-state index in [-0.39, 0.29) is 24.4 Å². The van der Waals surface area contributed by atoms with Crippen molar-refractivity contribution in [3.63, 3.8) is 0 Å². The number of benzene rings is 2. The van der Waals surface area contributed by atoms with E-state index in [0.29, 0.717) is 19.5 Å². The molecule has 0 radical (unpaired) electrons. The van der Waals surface area contributed by atoms with Crippen LogP contribution in [0.25, 0.3) is 0 Å². The van der Waals surface area contributed by atoms with Crippen LogP contribution in [-0.4, -0.2) is 19.2 Å². The first-order valence-corrected chi connectivity index (χ1v) is 8.18. The normalized spacial score (nSPS) is 20.7. The quantitative estimate of drug-likeness (QED) is 0.657. The average Bonchev–Trinajstić information content (AvgIpc) is 2.59. The van der Waals surface area contributed by atoms with Crippen molar-refractivity contribution in [3.8, 4) is 0 Å². The minimum absolute atomic E-state index is 0.0750. The van der Waals surface area contributed by atoms with Crippen molar-refractivity contribution >= 4 is 0 Å². The van der Waals surface area contributed by atoms with Gasteiger partial charge in [0.25, 0.3) is 0 Å². The van der Waals surface area contributed by atoms with Crippen LogP contribution in [0.2, 0.25) is 0 Å². The molecule has 6 heteroatoms. The zero-order chi connectivity index (χ0) is 18.0. The van der Waals surface area contributed by atoms with Gasteiger partial charge >= 0.3 is 0 Å². The summed E-state index contributed by atoms with van der Waals surface area (Å²) in [5.41, 5.74) is 1.32. The first-order chi connectivity index (χ1) is 12.0. The number of hydrogen-bond donors (Lipinski definition) is 1. The van der Waals surface area contributed by atoms with Gasteiger partial charge in [-0.05, 0) is 55.3 Å². The Morgan fingerprint density at radius 2 is 1.84 bits per heavy atom. The van der Waals surface area contributed by atoms with Gasteiger partial charge in [-0.1, -0.05) is 6.07 Å². The predicted molar refractivity (Wildman–Crippen MR) is 86.3 cm³/mol. The van der Waals surface area contributed by atoms with Crippen LogP contribution >= 0.6 is 0 Å². The smallest absolute Gasteiger partial charge is 0.167 e. The molecule has 134 valence electrons. The van der Waals surface area contributed by atoms with Crippen LogP contribution in [0.1, 0.15) is 29.0 Å². The number of aryl methyl sites for hydroxylation is 1. The highest BCUT2D eigenvalue weighted by Crippen LogP contribution is 2.30. The van der Waals surface area contributed by atoms with Gasteiger partial charge in [0.15, 0.2) is 11.6 Å². The van der Waals surface area contributed by atoms with Crippen molar-refractivity contribution in [2.45, 2.75) is 32.0 Å². The molecule has 2 atom stereocenters. The molecule has 2 aromatic rings. The summed E-state index contributed by atoms with van der Waals surface area (Å²) in [7, 11) is 0. The van der Waals surface area contributed by atoms with Gasteiger partial charge < -0.3 is 10.1 Å². The topological polar surface area (TPSA) is 21.3 Å². The molecule has 25 heavy (non-hydrogen) atoms.